The van der Waals surface area contributed by atoms with Gasteiger partial charge in [0, 0.05) is 44.5 Å². The molecule has 3 rings (SSSR count). The van der Waals surface area contributed by atoms with E-state index >= 15 is 0 Å². The Bertz CT molecular complexity index is 416. The van der Waals surface area contributed by atoms with Crippen molar-refractivity contribution in [1.29, 1.82) is 0 Å². The van der Waals surface area contributed by atoms with E-state index in [-0.39, 0.29) is 5.69 Å². The first-order chi connectivity index (χ1) is 9.80. The summed E-state index contributed by atoms with van der Waals surface area (Å²) in [6.07, 6.45) is 3.24. The van der Waals surface area contributed by atoms with Crippen LogP contribution in [-0.4, -0.2) is 46.5 Å². The SMILES string of the molecule is C1CNCCN1.O=[N+]([O-])c1ccccc1.c1c[nH]nn1. The van der Waals surface area contributed by atoms with Gasteiger partial charge >= 0.3 is 0 Å². The molecule has 1 aromatic carbocycles. The van der Waals surface area contributed by atoms with Crippen molar-refractivity contribution in [3.8, 4) is 0 Å². The largest absolute Gasteiger partial charge is 0.314 e. The molecule has 1 fully saturated rings. The number of aromatic nitrogens is 3. The topological polar surface area (TPSA) is 109 Å². The van der Waals surface area contributed by atoms with Crippen LogP contribution in [0, 0.1) is 10.1 Å². The van der Waals surface area contributed by atoms with Crippen LogP contribution in [0.4, 0.5) is 5.69 Å². The zero-order valence-corrected chi connectivity index (χ0v) is 11.0. The lowest BCUT2D eigenvalue weighted by Crippen LogP contribution is -2.39. The Morgan fingerprint density at radius 3 is 1.90 bits per heavy atom. The number of para-hydroxylation sites is 1. The molecule has 3 N–H and O–H groups in total. The van der Waals surface area contributed by atoms with Crippen molar-refractivity contribution in [1.82, 2.24) is 26.0 Å². The van der Waals surface area contributed by atoms with E-state index in [2.05, 4.69) is 26.0 Å². The summed E-state index contributed by atoms with van der Waals surface area (Å²) in [5.74, 6) is 0. The zero-order valence-electron chi connectivity index (χ0n) is 11.0. The molecule has 0 amide bonds. The van der Waals surface area contributed by atoms with Gasteiger partial charge in [-0.2, -0.15) is 0 Å². The van der Waals surface area contributed by atoms with Crippen molar-refractivity contribution in [3.05, 3.63) is 52.8 Å². The molecule has 1 aliphatic rings. The average molecular weight is 278 g/mol. The molecule has 0 aliphatic carbocycles. The Morgan fingerprint density at radius 2 is 1.65 bits per heavy atom. The number of hydrogen-bond acceptors (Lipinski definition) is 6. The minimum atomic E-state index is -0.417. The van der Waals surface area contributed by atoms with Crippen molar-refractivity contribution in [2.24, 2.45) is 0 Å². The molecule has 8 heteroatoms. The molecule has 1 aliphatic heterocycles. The molecule has 2 aromatic rings. The maximum absolute atomic E-state index is 10.0. The van der Waals surface area contributed by atoms with Crippen molar-refractivity contribution in [2.45, 2.75) is 0 Å². The fourth-order valence-corrected chi connectivity index (χ4v) is 1.32. The van der Waals surface area contributed by atoms with E-state index < -0.39 is 4.92 Å². The van der Waals surface area contributed by atoms with E-state index in [4.69, 9.17) is 0 Å². The molecule has 2 heterocycles. The normalized spacial score (nSPS) is 13.2. The Hall–Kier alpha value is -2.32. The van der Waals surface area contributed by atoms with Gasteiger partial charge in [0.25, 0.3) is 5.69 Å². The predicted octanol–water partition coefficient (Wildman–Crippen LogP) is 0.579. The van der Waals surface area contributed by atoms with Crippen LogP contribution in [0.5, 0.6) is 0 Å². The van der Waals surface area contributed by atoms with Gasteiger partial charge in [0.2, 0.25) is 0 Å². The number of H-pyrrole nitrogens is 1. The number of aromatic amines is 1. The van der Waals surface area contributed by atoms with E-state index in [1.54, 1.807) is 30.6 Å². The van der Waals surface area contributed by atoms with Crippen LogP contribution >= 0.6 is 0 Å². The molecule has 108 valence electrons. The molecular formula is C12H18N6O2. The first-order valence-corrected chi connectivity index (χ1v) is 6.22. The standard InChI is InChI=1S/C6H5NO2.C4H10N2.C2H3N3/c8-7(9)6-4-2-1-3-5-6;1-2-6-4-3-5-1;1-2-4-5-3-1/h1-5H;5-6H,1-4H2;1-2H,(H,3,4,5). The molecule has 1 aromatic heterocycles. The molecule has 0 bridgehead atoms. The van der Waals surface area contributed by atoms with Crippen LogP contribution in [0.1, 0.15) is 0 Å². The van der Waals surface area contributed by atoms with Gasteiger partial charge in [-0.3, -0.25) is 15.2 Å². The summed E-state index contributed by atoms with van der Waals surface area (Å²) in [4.78, 5) is 9.59. The second kappa shape index (κ2) is 10.6. The molecule has 0 unspecified atom stereocenters. The van der Waals surface area contributed by atoms with Crippen molar-refractivity contribution in [2.75, 3.05) is 26.2 Å². The molecule has 0 spiro atoms. The number of nitrogens with zero attached hydrogens (tertiary/aromatic N) is 3. The Kier molecular flexibility index (Phi) is 8.33. The van der Waals surface area contributed by atoms with Gasteiger partial charge in [-0.15, -0.1) is 5.10 Å². The smallest absolute Gasteiger partial charge is 0.269 e. The molecule has 8 nitrogen and oxygen atoms in total. The van der Waals surface area contributed by atoms with Gasteiger partial charge in [-0.1, -0.05) is 23.4 Å². The lowest BCUT2D eigenvalue weighted by atomic mass is 10.3. The van der Waals surface area contributed by atoms with Crippen LogP contribution in [0.3, 0.4) is 0 Å². The molecule has 0 radical (unpaired) electrons. The first kappa shape index (κ1) is 15.7. The number of non-ortho nitro benzene ring substituents is 1. The third kappa shape index (κ3) is 7.90. The summed E-state index contributed by atoms with van der Waals surface area (Å²) in [6, 6.07) is 7.93. The van der Waals surface area contributed by atoms with Crippen molar-refractivity contribution >= 4 is 5.69 Å². The highest BCUT2D eigenvalue weighted by molar-refractivity contribution is 5.27. The van der Waals surface area contributed by atoms with E-state index in [9.17, 15) is 10.1 Å². The maximum Gasteiger partial charge on any atom is 0.269 e. The third-order valence-corrected chi connectivity index (χ3v) is 2.26. The fraction of sp³-hybridized carbons (Fsp3) is 0.333. The first-order valence-electron chi connectivity index (χ1n) is 6.22. The number of benzene rings is 1. The highest BCUT2D eigenvalue weighted by atomic mass is 16.6. The monoisotopic (exact) mass is 278 g/mol. The van der Waals surface area contributed by atoms with E-state index in [1.165, 1.54) is 12.1 Å². The average Bonchev–Trinajstić information content (AvgIpc) is 3.10. The highest BCUT2D eigenvalue weighted by Crippen LogP contribution is 2.06. The van der Waals surface area contributed by atoms with Gasteiger partial charge in [0.05, 0.1) is 11.1 Å². The number of hydrogen-bond donors (Lipinski definition) is 3. The zero-order chi connectivity index (χ0) is 14.5. The fourth-order valence-electron chi connectivity index (χ4n) is 1.32. The van der Waals surface area contributed by atoms with Crippen LogP contribution < -0.4 is 10.6 Å². The number of nitro benzene ring substituents is 1. The van der Waals surface area contributed by atoms with Crippen LogP contribution in [0.15, 0.2) is 42.7 Å². The number of piperazine rings is 1. The van der Waals surface area contributed by atoms with Crippen molar-refractivity contribution < 1.29 is 4.92 Å². The van der Waals surface area contributed by atoms with E-state index in [1.807, 2.05) is 0 Å². The summed E-state index contributed by atoms with van der Waals surface area (Å²) in [5, 5.41) is 25.7. The van der Waals surface area contributed by atoms with Gasteiger partial charge in [0.1, 0.15) is 0 Å². The lowest BCUT2D eigenvalue weighted by Gasteiger charge is -2.11. The van der Waals surface area contributed by atoms with Gasteiger partial charge < -0.3 is 10.6 Å². The van der Waals surface area contributed by atoms with E-state index in [0.29, 0.717) is 0 Å². The quantitative estimate of drug-likeness (QED) is 0.520. The highest BCUT2D eigenvalue weighted by Gasteiger charge is 1.98. The molecular weight excluding hydrogens is 260 g/mol. The predicted molar refractivity (Wildman–Crippen MR) is 75.2 cm³/mol. The van der Waals surface area contributed by atoms with Gasteiger partial charge in [-0.25, -0.2) is 0 Å². The van der Waals surface area contributed by atoms with Crippen LogP contribution in [0.25, 0.3) is 0 Å². The summed E-state index contributed by atoms with van der Waals surface area (Å²) in [6.45, 7) is 4.56. The molecule has 1 saturated heterocycles. The summed E-state index contributed by atoms with van der Waals surface area (Å²) in [7, 11) is 0. The Balaban J connectivity index is 0.000000158. The van der Waals surface area contributed by atoms with Crippen LogP contribution in [-0.2, 0) is 0 Å². The number of nitro groups is 1. The maximum atomic E-state index is 10.0. The van der Waals surface area contributed by atoms with Gasteiger partial charge in [0.15, 0.2) is 0 Å². The second-order valence-corrected chi connectivity index (χ2v) is 3.75. The van der Waals surface area contributed by atoms with E-state index in [0.717, 1.165) is 26.2 Å². The number of nitrogens with one attached hydrogen (secondary N) is 3. The van der Waals surface area contributed by atoms with Crippen LogP contribution in [0.2, 0.25) is 0 Å². The van der Waals surface area contributed by atoms with Gasteiger partial charge in [-0.05, 0) is 0 Å². The summed E-state index contributed by atoms with van der Waals surface area (Å²) in [5.41, 5.74) is 0.137. The number of rotatable bonds is 1. The molecule has 20 heavy (non-hydrogen) atoms. The molecule has 0 atom stereocenters. The van der Waals surface area contributed by atoms with Crippen molar-refractivity contribution in [3.63, 3.8) is 0 Å². The Morgan fingerprint density at radius 1 is 1.05 bits per heavy atom. The minimum absolute atomic E-state index is 0.137. The lowest BCUT2D eigenvalue weighted by molar-refractivity contribution is -0.384. The Labute approximate surface area is 116 Å². The molecule has 0 saturated carbocycles. The summed E-state index contributed by atoms with van der Waals surface area (Å²) < 4.78 is 0. The minimum Gasteiger partial charge on any atom is -0.314 e. The summed E-state index contributed by atoms with van der Waals surface area (Å²) >= 11 is 0. The second-order valence-electron chi connectivity index (χ2n) is 3.75. The third-order valence-electron chi connectivity index (χ3n) is 2.26.